The molecule has 2 saturated carbocycles. The predicted molar refractivity (Wildman–Crippen MR) is 229 cm³/mol. The molecule has 2 aromatic heterocycles. The number of hydrogen-bond donors (Lipinski definition) is 3. The van der Waals surface area contributed by atoms with Crippen LogP contribution in [0.3, 0.4) is 0 Å². The molecule has 17 heteroatoms. The molecule has 0 radical (unpaired) electrons. The molecule has 4 fully saturated rings. The quantitative estimate of drug-likeness (QED) is 0.132. The molecule has 2 aromatic carbocycles. The van der Waals surface area contributed by atoms with Crippen LogP contribution in [0.5, 0.6) is 0 Å². The molecule has 5 heterocycles. The molecule has 9 rings (SSSR count). The Hall–Kier alpha value is -5.26. The molecule has 1 unspecified atom stereocenters. The number of piperidine rings is 1. The van der Waals surface area contributed by atoms with Gasteiger partial charge in [-0.2, -0.15) is 13.2 Å². The summed E-state index contributed by atoms with van der Waals surface area (Å²) in [6.45, 7) is 7.21. The minimum absolute atomic E-state index is 0.0776. The van der Waals surface area contributed by atoms with Gasteiger partial charge in [-0.15, -0.1) is 11.3 Å². The van der Waals surface area contributed by atoms with Crippen molar-refractivity contribution in [3.8, 4) is 0 Å². The molecule has 3 N–H and O–H groups in total. The summed E-state index contributed by atoms with van der Waals surface area (Å²) in [5.41, 5.74) is 0.161. The molecule has 332 valence electrons. The van der Waals surface area contributed by atoms with Crippen LogP contribution in [0.2, 0.25) is 0 Å². The molecule has 63 heavy (non-hydrogen) atoms. The van der Waals surface area contributed by atoms with Crippen molar-refractivity contribution in [2.75, 3.05) is 43.4 Å². The summed E-state index contributed by atoms with van der Waals surface area (Å²) in [6.07, 6.45) is 3.07. The largest absolute Gasteiger partial charge is 0.433 e. The third-order valence-corrected chi connectivity index (χ3v) is 14.9. The maximum absolute atomic E-state index is 13.6. The number of thiazole rings is 1. The number of anilines is 2. The van der Waals surface area contributed by atoms with Crippen LogP contribution in [0.4, 0.5) is 24.5 Å². The molecule has 3 aliphatic heterocycles. The normalized spacial score (nSPS) is 22.8. The van der Waals surface area contributed by atoms with Gasteiger partial charge in [-0.25, -0.2) is 9.97 Å². The maximum atomic E-state index is 13.6. The molecule has 0 bridgehead atoms. The number of nitrogens with one attached hydrogen (secondary N) is 2. The van der Waals surface area contributed by atoms with Crippen molar-refractivity contribution in [3.63, 3.8) is 0 Å². The summed E-state index contributed by atoms with van der Waals surface area (Å²) in [5.74, 6) is -1.32. The molecule has 2 aliphatic carbocycles. The molecular formula is C46H50F3N7O6S. The first-order valence-corrected chi connectivity index (χ1v) is 22.5. The lowest BCUT2D eigenvalue weighted by atomic mass is 9.57. The summed E-state index contributed by atoms with van der Waals surface area (Å²) >= 11 is 1.55. The molecule has 4 aromatic rings. The minimum atomic E-state index is -4.69. The summed E-state index contributed by atoms with van der Waals surface area (Å²) < 4.78 is 40.6. The van der Waals surface area contributed by atoms with Crippen molar-refractivity contribution in [2.45, 2.75) is 95.4 Å². The number of halogens is 3. The highest BCUT2D eigenvalue weighted by Crippen LogP contribution is 2.54. The summed E-state index contributed by atoms with van der Waals surface area (Å²) in [6, 6.07) is 10.9. The van der Waals surface area contributed by atoms with E-state index in [1.807, 2.05) is 18.0 Å². The molecule has 1 spiro atoms. The Morgan fingerprint density at radius 1 is 0.968 bits per heavy atom. The van der Waals surface area contributed by atoms with Crippen molar-refractivity contribution in [2.24, 2.45) is 17.3 Å². The fourth-order valence-corrected chi connectivity index (χ4v) is 11.8. The number of pyridine rings is 1. The number of amides is 5. The Morgan fingerprint density at radius 2 is 1.70 bits per heavy atom. The smallest absolute Gasteiger partial charge is 0.386 e. The van der Waals surface area contributed by atoms with Gasteiger partial charge in [-0.3, -0.25) is 34.2 Å². The standard InChI is InChI=1S/C46H50F3N7O6S/c1-44(2,62)29-18-32-35(19-31(29)51-39(58)30-7-5-9-36(50-30)46(47,48)49)63-41(52-32)27-12-10-25(11-13-27)22-55-23-45(24-55)20-26(21-45)16-17-54(3)33-8-4-6-28-38(33)43(61)56(42(28)60)34-14-15-37(57)53-40(34)59/h4-9,18-19,25-27,34,62H,10-17,20-24H2,1-3H3,(H,51,58)(H,53,57,59)/t25-,27-,34?. The van der Waals surface area contributed by atoms with E-state index >= 15 is 0 Å². The maximum Gasteiger partial charge on any atom is 0.433 e. The van der Waals surface area contributed by atoms with Crippen LogP contribution in [0.1, 0.15) is 125 Å². The summed E-state index contributed by atoms with van der Waals surface area (Å²) in [7, 11) is 1.94. The van der Waals surface area contributed by atoms with E-state index in [0.29, 0.717) is 51.2 Å². The molecule has 2 saturated heterocycles. The number of rotatable bonds is 11. The number of nitrogens with zero attached hydrogens (tertiary/aromatic N) is 5. The van der Waals surface area contributed by atoms with Crippen molar-refractivity contribution < 1.29 is 42.3 Å². The van der Waals surface area contributed by atoms with Crippen LogP contribution in [0.25, 0.3) is 10.2 Å². The Balaban J connectivity index is 0.743. The van der Waals surface area contributed by atoms with E-state index in [-0.39, 0.29) is 24.1 Å². The monoisotopic (exact) mass is 885 g/mol. The highest BCUT2D eigenvalue weighted by atomic mass is 32.1. The molecule has 13 nitrogen and oxygen atoms in total. The number of imide groups is 2. The first kappa shape index (κ1) is 43.0. The average molecular weight is 886 g/mol. The number of fused-ring (bicyclic) bond motifs is 2. The zero-order chi connectivity index (χ0) is 44.6. The fourth-order valence-electron chi connectivity index (χ4n) is 10.6. The number of likely N-dealkylation sites (tertiary alicyclic amines) is 1. The van der Waals surface area contributed by atoms with E-state index in [9.17, 15) is 42.3 Å². The van der Waals surface area contributed by atoms with Gasteiger partial charge in [0.15, 0.2) is 0 Å². The molecular weight excluding hydrogens is 836 g/mol. The van der Waals surface area contributed by atoms with Crippen molar-refractivity contribution in [3.05, 3.63) is 81.6 Å². The van der Waals surface area contributed by atoms with Crippen LogP contribution in [-0.4, -0.2) is 93.7 Å². The number of alkyl halides is 3. The summed E-state index contributed by atoms with van der Waals surface area (Å²) in [5, 5.41) is 17.0. The van der Waals surface area contributed by atoms with Gasteiger partial charge in [0.05, 0.1) is 37.6 Å². The number of carbonyl (C=O) groups excluding carboxylic acids is 5. The second-order valence-electron chi connectivity index (χ2n) is 18.9. The van der Waals surface area contributed by atoms with Gasteiger partial charge < -0.3 is 20.2 Å². The Kier molecular flexibility index (Phi) is 11.0. The van der Waals surface area contributed by atoms with E-state index in [1.165, 1.54) is 18.9 Å². The minimum Gasteiger partial charge on any atom is -0.386 e. The number of aromatic nitrogens is 2. The van der Waals surface area contributed by atoms with Crippen LogP contribution >= 0.6 is 11.3 Å². The SMILES string of the molecule is CN(CCC1CC2(C1)CN(C[C@H]1CC[C@H](c3nc4cc(C(C)(C)O)c(NC(=O)c5cccc(C(F)(F)F)n5)cc4s3)CC1)C2)c1cccc2c1C(=O)N(C1CCC(=O)NC1=O)C2=O. The van der Waals surface area contributed by atoms with Gasteiger partial charge in [0.25, 0.3) is 17.7 Å². The number of carbonyl (C=O) groups is 5. The van der Waals surface area contributed by atoms with Gasteiger partial charge >= 0.3 is 6.18 Å². The zero-order valence-corrected chi connectivity index (χ0v) is 36.2. The number of benzene rings is 2. The highest BCUT2D eigenvalue weighted by Gasteiger charge is 2.52. The third kappa shape index (κ3) is 8.34. The first-order chi connectivity index (χ1) is 29.9. The van der Waals surface area contributed by atoms with Crippen LogP contribution < -0.4 is 15.5 Å². The lowest BCUT2D eigenvalue weighted by Gasteiger charge is -2.60. The molecule has 5 amide bonds. The van der Waals surface area contributed by atoms with Crippen LogP contribution in [0.15, 0.2) is 48.5 Å². The third-order valence-electron chi connectivity index (χ3n) is 13.7. The van der Waals surface area contributed by atoms with Gasteiger partial charge in [0.1, 0.15) is 17.4 Å². The van der Waals surface area contributed by atoms with E-state index in [0.717, 1.165) is 85.0 Å². The predicted octanol–water partition coefficient (Wildman–Crippen LogP) is 7.10. The number of hydrogen-bond acceptors (Lipinski definition) is 11. The van der Waals surface area contributed by atoms with Crippen molar-refractivity contribution in [1.82, 2.24) is 25.1 Å². The van der Waals surface area contributed by atoms with E-state index < -0.39 is 53.0 Å². The van der Waals surface area contributed by atoms with Gasteiger partial charge in [-0.05, 0) is 119 Å². The second kappa shape index (κ2) is 16.1. The Morgan fingerprint density at radius 3 is 2.40 bits per heavy atom. The molecule has 5 aliphatic rings. The lowest BCUT2D eigenvalue weighted by molar-refractivity contribution is -0.141. The van der Waals surface area contributed by atoms with Crippen LogP contribution in [0, 0.1) is 17.3 Å². The summed E-state index contributed by atoms with van der Waals surface area (Å²) in [4.78, 5) is 78.3. The van der Waals surface area contributed by atoms with Gasteiger partial charge in [-0.1, -0.05) is 12.1 Å². The average Bonchev–Trinajstić information content (AvgIpc) is 3.74. The fraction of sp³-hybridized carbons (Fsp3) is 0.500. The number of aliphatic hydroxyl groups is 1. The van der Waals surface area contributed by atoms with E-state index in [1.54, 1.807) is 49.4 Å². The van der Waals surface area contributed by atoms with Gasteiger partial charge in [0.2, 0.25) is 11.8 Å². The van der Waals surface area contributed by atoms with E-state index in [4.69, 9.17) is 4.98 Å². The highest BCUT2D eigenvalue weighted by molar-refractivity contribution is 7.18. The lowest BCUT2D eigenvalue weighted by Crippen LogP contribution is -2.63. The second-order valence-corrected chi connectivity index (χ2v) is 19.9. The first-order valence-electron chi connectivity index (χ1n) is 21.7. The van der Waals surface area contributed by atoms with Gasteiger partial charge in [0, 0.05) is 56.8 Å². The molecule has 1 atom stereocenters. The zero-order valence-electron chi connectivity index (χ0n) is 35.4. The Labute approximate surface area is 366 Å². The van der Waals surface area contributed by atoms with Crippen LogP contribution in [-0.2, 0) is 21.4 Å². The van der Waals surface area contributed by atoms with Crippen molar-refractivity contribution >= 4 is 62.5 Å². The topological polar surface area (TPSA) is 165 Å². The van der Waals surface area contributed by atoms with Crippen molar-refractivity contribution in [1.29, 1.82) is 0 Å². The Bertz CT molecular complexity index is 2510. The van der Waals surface area contributed by atoms with E-state index in [2.05, 4.69) is 20.5 Å².